The molecule has 7 nitrogen and oxygen atoms in total. The van der Waals surface area contributed by atoms with E-state index in [9.17, 15) is 31.5 Å². The van der Waals surface area contributed by atoms with Crippen molar-refractivity contribution < 1.29 is 36.2 Å². The summed E-state index contributed by atoms with van der Waals surface area (Å²) < 4.78 is 69.2. The summed E-state index contributed by atoms with van der Waals surface area (Å²) >= 11 is 0. The van der Waals surface area contributed by atoms with Gasteiger partial charge in [0.2, 0.25) is 0 Å². The number of nitrogens with zero attached hydrogens (tertiary/aromatic N) is 1. The van der Waals surface area contributed by atoms with Crippen LogP contribution in [0.25, 0.3) is 0 Å². The van der Waals surface area contributed by atoms with Crippen molar-refractivity contribution in [1.82, 2.24) is 0 Å². The highest BCUT2D eigenvalue weighted by molar-refractivity contribution is 7.91. The molecule has 0 saturated carbocycles. The Kier molecular flexibility index (Phi) is 6.44. The Morgan fingerprint density at radius 1 is 1.23 bits per heavy atom. The van der Waals surface area contributed by atoms with Gasteiger partial charge in [-0.2, -0.15) is 18.4 Å². The van der Waals surface area contributed by atoms with Gasteiger partial charge in [-0.25, -0.2) is 8.42 Å². The van der Waals surface area contributed by atoms with Crippen LogP contribution in [0.4, 0.5) is 18.9 Å². The molecule has 11 heteroatoms. The van der Waals surface area contributed by atoms with Crippen LogP contribution in [-0.4, -0.2) is 37.9 Å². The first-order chi connectivity index (χ1) is 13.8. The molecular formula is C19H17F3N2O5S. The van der Waals surface area contributed by atoms with E-state index in [-0.39, 0.29) is 16.3 Å². The number of halogens is 3. The summed E-state index contributed by atoms with van der Waals surface area (Å²) in [5, 5.41) is 21.3. The highest BCUT2D eigenvalue weighted by Crippen LogP contribution is 2.33. The number of hydrogen-bond acceptors (Lipinski definition) is 6. The lowest BCUT2D eigenvalue weighted by molar-refractivity contribution is -0.137. The summed E-state index contributed by atoms with van der Waals surface area (Å²) in [6.45, 7) is 0.925. The normalized spacial score (nSPS) is 13.8. The summed E-state index contributed by atoms with van der Waals surface area (Å²) in [7, 11) is -2.81. The first-order valence-corrected chi connectivity index (χ1v) is 9.97. The molecule has 30 heavy (non-hydrogen) atoms. The van der Waals surface area contributed by atoms with E-state index in [1.165, 1.54) is 37.4 Å². The Hall–Kier alpha value is -3.10. The standard InChI is InChI=1S/C19H17F3N2O5S/c1-18(26,11-30(27,28)15-5-3-4-14(9-15)29-2)17(25)24-13-7-6-12(10-23)16(8-13)19(20,21)22/h3-9,26H,11H2,1-2H3,(H,24,25). The van der Waals surface area contributed by atoms with Gasteiger partial charge in [-0.1, -0.05) is 6.07 Å². The number of alkyl halides is 3. The Balaban J connectivity index is 2.27. The fourth-order valence-corrected chi connectivity index (χ4v) is 4.15. The molecule has 160 valence electrons. The number of carbonyl (C=O) groups is 1. The molecule has 0 radical (unpaired) electrons. The minimum absolute atomic E-state index is 0.201. The van der Waals surface area contributed by atoms with E-state index in [0.29, 0.717) is 6.07 Å². The van der Waals surface area contributed by atoms with E-state index in [0.717, 1.165) is 19.1 Å². The Bertz CT molecular complexity index is 1110. The average Bonchev–Trinajstić information content (AvgIpc) is 2.66. The lowest BCUT2D eigenvalue weighted by Gasteiger charge is -2.22. The van der Waals surface area contributed by atoms with Gasteiger partial charge in [0.15, 0.2) is 15.4 Å². The molecule has 0 aliphatic heterocycles. The quantitative estimate of drug-likeness (QED) is 0.711. The summed E-state index contributed by atoms with van der Waals surface area (Å²) in [4.78, 5) is 12.2. The zero-order valence-corrected chi connectivity index (χ0v) is 16.6. The van der Waals surface area contributed by atoms with E-state index in [4.69, 9.17) is 10.00 Å². The van der Waals surface area contributed by atoms with Crippen LogP contribution in [0.5, 0.6) is 5.75 Å². The van der Waals surface area contributed by atoms with Crippen molar-refractivity contribution in [1.29, 1.82) is 5.26 Å². The van der Waals surface area contributed by atoms with Crippen molar-refractivity contribution in [2.45, 2.75) is 23.6 Å². The van der Waals surface area contributed by atoms with Crippen LogP contribution in [0.15, 0.2) is 47.4 Å². The number of nitrogens with one attached hydrogen (secondary N) is 1. The molecule has 0 aliphatic carbocycles. The first kappa shape index (κ1) is 23.2. The van der Waals surface area contributed by atoms with Gasteiger partial charge in [-0.05, 0) is 43.3 Å². The van der Waals surface area contributed by atoms with Crippen molar-refractivity contribution >= 4 is 21.4 Å². The lowest BCUT2D eigenvalue weighted by atomic mass is 10.1. The van der Waals surface area contributed by atoms with Crippen LogP contribution in [0.1, 0.15) is 18.1 Å². The molecule has 2 N–H and O–H groups in total. The van der Waals surface area contributed by atoms with Crippen molar-refractivity contribution in [2.24, 2.45) is 0 Å². The van der Waals surface area contributed by atoms with E-state index >= 15 is 0 Å². The number of amides is 1. The smallest absolute Gasteiger partial charge is 0.417 e. The van der Waals surface area contributed by atoms with Gasteiger partial charge >= 0.3 is 6.18 Å². The molecule has 0 bridgehead atoms. The highest BCUT2D eigenvalue weighted by atomic mass is 32.2. The topological polar surface area (TPSA) is 116 Å². The van der Waals surface area contributed by atoms with Crippen LogP contribution in [0, 0.1) is 11.3 Å². The van der Waals surface area contributed by atoms with Gasteiger partial charge in [0.1, 0.15) is 5.75 Å². The van der Waals surface area contributed by atoms with Crippen LogP contribution >= 0.6 is 0 Å². The van der Waals surface area contributed by atoms with E-state index < -0.39 is 44.4 Å². The second-order valence-corrected chi connectivity index (χ2v) is 8.53. The Labute approximate surface area is 170 Å². The largest absolute Gasteiger partial charge is 0.497 e. The molecule has 0 aliphatic rings. The number of rotatable bonds is 6. The monoisotopic (exact) mass is 442 g/mol. The number of carbonyl (C=O) groups excluding carboxylic acids is 1. The zero-order valence-electron chi connectivity index (χ0n) is 15.8. The molecular weight excluding hydrogens is 425 g/mol. The number of aliphatic hydroxyl groups is 1. The molecule has 1 atom stereocenters. The molecule has 2 rings (SSSR count). The van der Waals surface area contributed by atoms with Gasteiger partial charge in [-0.3, -0.25) is 4.79 Å². The van der Waals surface area contributed by atoms with Gasteiger partial charge in [0.05, 0.1) is 35.0 Å². The minimum Gasteiger partial charge on any atom is -0.497 e. The summed E-state index contributed by atoms with van der Waals surface area (Å²) in [5.41, 5.74) is -4.74. The fraction of sp³-hybridized carbons (Fsp3) is 0.263. The Morgan fingerprint density at radius 2 is 1.90 bits per heavy atom. The number of methoxy groups -OCH3 is 1. The molecule has 1 unspecified atom stereocenters. The predicted octanol–water partition coefficient (Wildman–Crippen LogP) is 2.75. The van der Waals surface area contributed by atoms with Crippen molar-refractivity contribution in [3.63, 3.8) is 0 Å². The maximum Gasteiger partial charge on any atom is 0.417 e. The maximum atomic E-state index is 13.1. The third-order valence-electron chi connectivity index (χ3n) is 4.06. The van der Waals surface area contributed by atoms with Crippen LogP contribution in [-0.2, 0) is 20.8 Å². The van der Waals surface area contributed by atoms with Crippen molar-refractivity contribution in [3.8, 4) is 11.8 Å². The molecule has 0 saturated heterocycles. The van der Waals surface area contributed by atoms with E-state index in [2.05, 4.69) is 5.32 Å². The third-order valence-corrected chi connectivity index (χ3v) is 5.98. The molecule has 2 aromatic rings. The molecule has 0 heterocycles. The van der Waals surface area contributed by atoms with Gasteiger partial charge in [0, 0.05) is 5.69 Å². The minimum atomic E-state index is -4.84. The van der Waals surface area contributed by atoms with Crippen LogP contribution < -0.4 is 10.1 Å². The van der Waals surface area contributed by atoms with E-state index in [1.807, 2.05) is 0 Å². The van der Waals surface area contributed by atoms with Crippen molar-refractivity contribution in [2.75, 3.05) is 18.2 Å². The molecule has 0 fully saturated rings. The van der Waals surface area contributed by atoms with Crippen molar-refractivity contribution in [3.05, 3.63) is 53.6 Å². The third kappa shape index (κ3) is 5.28. The molecule has 1 amide bonds. The number of benzene rings is 2. The molecule has 2 aromatic carbocycles. The number of anilines is 1. The Morgan fingerprint density at radius 3 is 2.47 bits per heavy atom. The fourth-order valence-electron chi connectivity index (χ4n) is 2.53. The highest BCUT2D eigenvalue weighted by Gasteiger charge is 2.38. The average molecular weight is 442 g/mol. The lowest BCUT2D eigenvalue weighted by Crippen LogP contribution is -2.45. The summed E-state index contributed by atoms with van der Waals surface area (Å²) in [5.74, 6) is -2.01. The van der Waals surface area contributed by atoms with Crippen LogP contribution in [0.3, 0.4) is 0 Å². The van der Waals surface area contributed by atoms with Gasteiger partial charge < -0.3 is 15.2 Å². The summed E-state index contributed by atoms with van der Waals surface area (Å²) in [6.07, 6.45) is -4.84. The second-order valence-electron chi connectivity index (χ2n) is 6.54. The maximum absolute atomic E-state index is 13.1. The number of ether oxygens (including phenoxy) is 1. The van der Waals surface area contributed by atoms with Crippen LogP contribution in [0.2, 0.25) is 0 Å². The predicted molar refractivity (Wildman–Crippen MR) is 100 cm³/mol. The number of sulfone groups is 1. The van der Waals surface area contributed by atoms with Gasteiger partial charge in [0.25, 0.3) is 5.91 Å². The second kappa shape index (κ2) is 8.33. The SMILES string of the molecule is COc1cccc(S(=O)(=O)CC(C)(O)C(=O)Nc2ccc(C#N)c(C(F)(F)F)c2)c1. The first-order valence-electron chi connectivity index (χ1n) is 8.32. The van der Waals surface area contributed by atoms with E-state index in [1.54, 1.807) is 0 Å². The van der Waals surface area contributed by atoms with Gasteiger partial charge in [-0.15, -0.1) is 0 Å². The summed E-state index contributed by atoms with van der Waals surface area (Å²) in [6, 6.07) is 9.21. The number of hydrogen-bond donors (Lipinski definition) is 2. The number of nitriles is 1. The molecule has 0 aromatic heterocycles. The zero-order chi connectivity index (χ0) is 22.7. The molecule has 0 spiro atoms.